The number of carbonyl (C=O) groups is 2. The Bertz CT molecular complexity index is 793. The van der Waals surface area contributed by atoms with Gasteiger partial charge >= 0.3 is 0 Å². The molecule has 0 radical (unpaired) electrons. The number of carbonyl (C=O) groups excluding carboxylic acids is 2. The van der Waals surface area contributed by atoms with Gasteiger partial charge in [-0.3, -0.25) is 14.5 Å². The number of thioether (sulfide) groups is 1. The lowest BCUT2D eigenvalue weighted by atomic mass is 10.1. The van der Waals surface area contributed by atoms with Crippen LogP contribution in [0.2, 0.25) is 0 Å². The highest BCUT2D eigenvalue weighted by molar-refractivity contribution is 8.15. The number of nitrogens with one attached hydrogen (secondary N) is 1. The average Bonchev–Trinajstić information content (AvgIpc) is 2.68. The average molecular weight is 367 g/mol. The molecule has 0 aromatic heterocycles. The lowest BCUT2D eigenvalue weighted by molar-refractivity contribution is -0.130. The van der Waals surface area contributed by atoms with E-state index < -0.39 is 5.25 Å². The summed E-state index contributed by atoms with van der Waals surface area (Å²) >= 11 is 1.35. The van der Waals surface area contributed by atoms with E-state index in [4.69, 9.17) is 0 Å². The van der Waals surface area contributed by atoms with Crippen molar-refractivity contribution in [2.45, 2.75) is 18.1 Å². The van der Waals surface area contributed by atoms with Gasteiger partial charge in [-0.15, -0.1) is 0 Å². The van der Waals surface area contributed by atoms with Crippen molar-refractivity contribution in [1.29, 1.82) is 0 Å². The van der Waals surface area contributed by atoms with Gasteiger partial charge in [-0.25, -0.2) is 4.99 Å². The Balaban J connectivity index is 1.83. The summed E-state index contributed by atoms with van der Waals surface area (Å²) in [4.78, 5) is 31.1. The molecular formula is C20H21N3O2S. The molecule has 134 valence electrons. The zero-order chi connectivity index (χ0) is 18.4. The first-order valence-electron chi connectivity index (χ1n) is 8.53. The molecule has 3 rings (SSSR count). The highest BCUT2D eigenvalue weighted by atomic mass is 32.2. The Kier molecular flexibility index (Phi) is 6.07. The van der Waals surface area contributed by atoms with Crippen LogP contribution in [0, 0.1) is 0 Å². The SMILES string of the molecule is CNC(=O)C1CC(=O)N(CCc2ccccc2)C(=Nc2ccccc2)S1. The van der Waals surface area contributed by atoms with Crippen LogP contribution in [0.1, 0.15) is 12.0 Å². The molecule has 0 aliphatic carbocycles. The van der Waals surface area contributed by atoms with E-state index in [2.05, 4.69) is 10.3 Å². The topological polar surface area (TPSA) is 61.8 Å². The lowest BCUT2D eigenvalue weighted by Crippen LogP contribution is -2.46. The number of nitrogens with zero attached hydrogens (tertiary/aromatic N) is 2. The third-order valence-electron chi connectivity index (χ3n) is 4.13. The van der Waals surface area contributed by atoms with Gasteiger partial charge in [0.2, 0.25) is 11.8 Å². The molecule has 0 bridgehead atoms. The Morgan fingerprint density at radius 3 is 2.46 bits per heavy atom. The van der Waals surface area contributed by atoms with E-state index in [9.17, 15) is 9.59 Å². The quantitative estimate of drug-likeness (QED) is 0.884. The molecule has 1 saturated heterocycles. The normalized spacial score (nSPS) is 18.8. The van der Waals surface area contributed by atoms with E-state index in [0.717, 1.165) is 17.7 Å². The van der Waals surface area contributed by atoms with Crippen LogP contribution in [-0.4, -0.2) is 40.7 Å². The number of amidine groups is 1. The van der Waals surface area contributed by atoms with Crippen LogP contribution in [0.3, 0.4) is 0 Å². The van der Waals surface area contributed by atoms with Crippen molar-refractivity contribution in [3.63, 3.8) is 0 Å². The van der Waals surface area contributed by atoms with Crippen LogP contribution in [0.4, 0.5) is 5.69 Å². The summed E-state index contributed by atoms with van der Waals surface area (Å²) in [7, 11) is 1.59. The summed E-state index contributed by atoms with van der Waals surface area (Å²) in [6.07, 6.45) is 0.929. The number of rotatable bonds is 5. The maximum Gasteiger partial charge on any atom is 0.233 e. The third kappa shape index (κ3) is 4.52. The number of hydrogen-bond donors (Lipinski definition) is 1. The fourth-order valence-electron chi connectivity index (χ4n) is 2.72. The van der Waals surface area contributed by atoms with Gasteiger partial charge in [0.15, 0.2) is 5.17 Å². The summed E-state index contributed by atoms with van der Waals surface area (Å²) in [6.45, 7) is 0.544. The van der Waals surface area contributed by atoms with Crippen molar-refractivity contribution in [2.24, 2.45) is 4.99 Å². The van der Waals surface area contributed by atoms with Gasteiger partial charge in [0.05, 0.1) is 10.9 Å². The maximum atomic E-state index is 12.7. The van der Waals surface area contributed by atoms with Crippen molar-refractivity contribution in [3.8, 4) is 0 Å². The molecule has 2 aromatic carbocycles. The third-order valence-corrected chi connectivity index (χ3v) is 5.31. The summed E-state index contributed by atoms with van der Waals surface area (Å²) < 4.78 is 0. The van der Waals surface area contributed by atoms with Crippen molar-refractivity contribution in [1.82, 2.24) is 10.2 Å². The molecule has 1 unspecified atom stereocenters. The predicted molar refractivity (Wildman–Crippen MR) is 105 cm³/mol. The summed E-state index contributed by atoms with van der Waals surface area (Å²) in [5.41, 5.74) is 1.93. The molecule has 1 atom stereocenters. The van der Waals surface area contributed by atoms with Gasteiger partial charge in [-0.1, -0.05) is 60.3 Å². The largest absolute Gasteiger partial charge is 0.358 e. The monoisotopic (exact) mass is 367 g/mol. The minimum Gasteiger partial charge on any atom is -0.358 e. The number of para-hydroxylation sites is 1. The van der Waals surface area contributed by atoms with Crippen LogP contribution in [0.5, 0.6) is 0 Å². The van der Waals surface area contributed by atoms with Gasteiger partial charge in [-0.05, 0) is 24.1 Å². The summed E-state index contributed by atoms with van der Waals surface area (Å²) in [5.74, 6) is -0.213. The first-order valence-corrected chi connectivity index (χ1v) is 9.41. The fourth-order valence-corrected chi connectivity index (χ4v) is 3.90. The Hall–Kier alpha value is -2.60. The molecule has 1 heterocycles. The summed E-state index contributed by atoms with van der Waals surface area (Å²) in [5, 5.41) is 2.77. The number of benzene rings is 2. The van der Waals surface area contributed by atoms with E-state index in [1.807, 2.05) is 60.7 Å². The van der Waals surface area contributed by atoms with E-state index in [0.29, 0.717) is 11.7 Å². The first kappa shape index (κ1) is 18.2. The van der Waals surface area contributed by atoms with Crippen molar-refractivity contribution in [3.05, 3.63) is 66.2 Å². The van der Waals surface area contributed by atoms with Crippen LogP contribution in [-0.2, 0) is 16.0 Å². The minimum atomic E-state index is -0.442. The van der Waals surface area contributed by atoms with Crippen molar-refractivity contribution >= 4 is 34.4 Å². The lowest BCUT2D eigenvalue weighted by Gasteiger charge is -2.31. The Labute approximate surface area is 157 Å². The van der Waals surface area contributed by atoms with Crippen LogP contribution in [0.25, 0.3) is 0 Å². The molecule has 26 heavy (non-hydrogen) atoms. The number of aliphatic imine (C=N–C) groups is 1. The zero-order valence-electron chi connectivity index (χ0n) is 14.6. The van der Waals surface area contributed by atoms with E-state index in [1.54, 1.807) is 11.9 Å². The highest BCUT2D eigenvalue weighted by Gasteiger charge is 2.35. The van der Waals surface area contributed by atoms with E-state index in [-0.39, 0.29) is 18.2 Å². The molecule has 1 fully saturated rings. The second kappa shape index (κ2) is 8.67. The fraction of sp³-hybridized carbons (Fsp3) is 0.250. The van der Waals surface area contributed by atoms with Crippen molar-refractivity contribution in [2.75, 3.05) is 13.6 Å². The molecular weight excluding hydrogens is 346 g/mol. The molecule has 1 N–H and O–H groups in total. The van der Waals surface area contributed by atoms with Gasteiger partial charge in [-0.2, -0.15) is 0 Å². The minimum absolute atomic E-state index is 0.0667. The van der Waals surface area contributed by atoms with Crippen LogP contribution in [0.15, 0.2) is 65.7 Å². The molecule has 5 nitrogen and oxygen atoms in total. The Morgan fingerprint density at radius 1 is 1.15 bits per heavy atom. The first-order chi connectivity index (χ1) is 12.7. The number of hydrogen-bond acceptors (Lipinski definition) is 4. The molecule has 0 saturated carbocycles. The van der Waals surface area contributed by atoms with Crippen LogP contribution < -0.4 is 5.32 Å². The second-order valence-electron chi connectivity index (χ2n) is 5.94. The molecule has 6 heteroatoms. The van der Waals surface area contributed by atoms with Gasteiger partial charge in [0.25, 0.3) is 0 Å². The highest BCUT2D eigenvalue weighted by Crippen LogP contribution is 2.29. The standard InChI is InChI=1S/C20H21N3O2S/c1-21-19(25)17-14-18(24)23(13-12-15-8-4-2-5-9-15)20(26-17)22-16-10-6-3-7-11-16/h2-11,17H,12-14H2,1H3,(H,21,25). The predicted octanol–water partition coefficient (Wildman–Crippen LogP) is 3.00. The van der Waals surface area contributed by atoms with E-state index >= 15 is 0 Å². The molecule has 0 spiro atoms. The molecule has 2 amide bonds. The number of amides is 2. The smallest absolute Gasteiger partial charge is 0.233 e. The summed E-state index contributed by atoms with van der Waals surface area (Å²) in [6, 6.07) is 19.5. The Morgan fingerprint density at radius 2 is 1.81 bits per heavy atom. The molecule has 2 aromatic rings. The molecule has 1 aliphatic heterocycles. The molecule has 1 aliphatic rings. The van der Waals surface area contributed by atoms with Crippen LogP contribution >= 0.6 is 11.8 Å². The van der Waals surface area contributed by atoms with E-state index in [1.165, 1.54) is 11.8 Å². The maximum absolute atomic E-state index is 12.7. The van der Waals surface area contributed by atoms with Gasteiger partial charge < -0.3 is 5.32 Å². The zero-order valence-corrected chi connectivity index (χ0v) is 15.4. The van der Waals surface area contributed by atoms with Gasteiger partial charge in [0, 0.05) is 20.0 Å². The van der Waals surface area contributed by atoms with Crippen molar-refractivity contribution < 1.29 is 9.59 Å². The van der Waals surface area contributed by atoms with Gasteiger partial charge in [0.1, 0.15) is 0 Å². The second-order valence-corrected chi connectivity index (χ2v) is 7.11.